The Morgan fingerprint density at radius 1 is 0.629 bits per heavy atom. The highest BCUT2D eigenvalue weighted by Gasteiger charge is 2.22. The summed E-state index contributed by atoms with van der Waals surface area (Å²) in [6, 6.07) is 37.7. The van der Waals surface area contributed by atoms with Gasteiger partial charge < -0.3 is 5.41 Å². The van der Waals surface area contributed by atoms with Crippen molar-refractivity contribution in [3.8, 4) is 44.5 Å². The normalized spacial score (nSPS) is 12.3. The minimum Gasteiger partial charge on any atom is -0.313 e. The van der Waals surface area contributed by atoms with E-state index in [0.717, 1.165) is 12.8 Å². The van der Waals surface area contributed by atoms with E-state index in [2.05, 4.69) is 110 Å². The molecule has 1 heteroatoms. The molecule has 1 N–H and O–H groups in total. The third kappa shape index (κ3) is 3.61. The first-order valence-electron chi connectivity index (χ1n) is 12.3. The Kier molecular flexibility index (Phi) is 5.39. The molecule has 0 heterocycles. The van der Waals surface area contributed by atoms with Gasteiger partial charge in [-0.2, -0.15) is 0 Å². The lowest BCUT2D eigenvalue weighted by atomic mass is 9.91. The van der Waals surface area contributed by atoms with Gasteiger partial charge in [-0.15, -0.1) is 6.58 Å². The van der Waals surface area contributed by atoms with Gasteiger partial charge in [-0.3, -0.25) is 0 Å². The molecule has 5 aromatic rings. The average Bonchev–Trinajstić information content (AvgIpc) is 3.25. The van der Waals surface area contributed by atoms with Crippen molar-refractivity contribution < 1.29 is 0 Å². The topological polar surface area (TPSA) is 23.9 Å². The summed E-state index contributed by atoms with van der Waals surface area (Å²) in [4.78, 5) is 0. The van der Waals surface area contributed by atoms with Crippen LogP contribution in [0.3, 0.4) is 0 Å². The van der Waals surface area contributed by atoms with E-state index in [1.807, 2.05) is 6.08 Å². The van der Waals surface area contributed by atoms with Gasteiger partial charge in [0, 0.05) is 5.92 Å². The Hall–Kier alpha value is -4.23. The van der Waals surface area contributed by atoms with Crippen molar-refractivity contribution in [3.63, 3.8) is 0 Å². The molecule has 1 atom stereocenters. The van der Waals surface area contributed by atoms with E-state index >= 15 is 0 Å². The lowest BCUT2D eigenvalue weighted by molar-refractivity contribution is 0.772. The molecule has 0 amide bonds. The van der Waals surface area contributed by atoms with Crippen molar-refractivity contribution in [1.82, 2.24) is 0 Å². The summed E-state index contributed by atoms with van der Waals surface area (Å²) < 4.78 is 0. The van der Waals surface area contributed by atoms with Crippen molar-refractivity contribution >= 4 is 17.0 Å². The molecule has 0 fully saturated rings. The first-order chi connectivity index (χ1) is 17.3. The van der Waals surface area contributed by atoms with Gasteiger partial charge in [-0.25, -0.2) is 0 Å². The summed E-state index contributed by atoms with van der Waals surface area (Å²) in [5.41, 5.74) is 11.5. The minimum atomic E-state index is 0.287. The van der Waals surface area contributed by atoms with Crippen LogP contribution in [0.4, 0.5) is 0 Å². The zero-order valence-electron chi connectivity index (χ0n) is 19.7. The molecule has 0 aliphatic heterocycles. The summed E-state index contributed by atoms with van der Waals surface area (Å²) in [5.74, 6) is 0.287. The second-order valence-electron chi connectivity index (χ2n) is 9.26. The standard InChI is InChI=1S/C34H27N/c1-2-23(10-7-21-35)24-15-17-25(18-16-24)26-8-5-9-27(22-26)28-19-20-33-30-12-4-3-11-29(30)32-14-6-13-31(28)34(32)33/h2-6,8-9,11-23,35H,1,7,10H2. The molecule has 1 aliphatic rings. The third-order valence-corrected chi connectivity index (χ3v) is 7.30. The van der Waals surface area contributed by atoms with Crippen LogP contribution in [-0.2, 0) is 0 Å². The number of hydrogen-bond acceptors (Lipinski definition) is 1. The SMILES string of the molecule is C=CC(CCC=N)c1ccc(-c2cccc(-c3ccc4c5c(cccc35)-c3ccccc3-4)c2)cc1. The van der Waals surface area contributed by atoms with E-state index in [9.17, 15) is 0 Å². The highest BCUT2D eigenvalue weighted by atomic mass is 14.3. The third-order valence-electron chi connectivity index (χ3n) is 7.30. The second-order valence-corrected chi connectivity index (χ2v) is 9.26. The van der Waals surface area contributed by atoms with E-state index in [1.165, 1.54) is 67.1 Å². The van der Waals surface area contributed by atoms with E-state index in [0.29, 0.717) is 0 Å². The number of rotatable bonds is 7. The quantitative estimate of drug-likeness (QED) is 0.185. The first kappa shape index (κ1) is 21.3. The average molecular weight is 450 g/mol. The molecular formula is C34H27N. The fraction of sp³-hybridized carbons (Fsp3) is 0.0882. The zero-order chi connectivity index (χ0) is 23.8. The predicted octanol–water partition coefficient (Wildman–Crippen LogP) is 9.52. The van der Waals surface area contributed by atoms with Crippen LogP contribution in [0.25, 0.3) is 55.3 Å². The maximum atomic E-state index is 7.32. The lowest BCUT2D eigenvalue weighted by Crippen LogP contribution is -1.95. The van der Waals surface area contributed by atoms with Crippen LogP contribution < -0.4 is 0 Å². The summed E-state index contributed by atoms with van der Waals surface area (Å²) in [6.07, 6.45) is 5.18. The van der Waals surface area contributed by atoms with E-state index in [-0.39, 0.29) is 5.92 Å². The van der Waals surface area contributed by atoms with Crippen LogP contribution in [0.1, 0.15) is 24.3 Å². The summed E-state index contributed by atoms with van der Waals surface area (Å²) in [7, 11) is 0. The van der Waals surface area contributed by atoms with Crippen LogP contribution in [0.15, 0.2) is 116 Å². The Labute approximate surface area is 206 Å². The zero-order valence-corrected chi connectivity index (χ0v) is 19.7. The maximum Gasteiger partial charge on any atom is 0.00187 e. The fourth-order valence-electron chi connectivity index (χ4n) is 5.53. The molecule has 0 spiro atoms. The van der Waals surface area contributed by atoms with Gasteiger partial charge in [0.1, 0.15) is 0 Å². The van der Waals surface area contributed by atoms with Crippen LogP contribution in [0.2, 0.25) is 0 Å². The summed E-state index contributed by atoms with van der Waals surface area (Å²) in [5, 5.41) is 9.99. The number of allylic oxidation sites excluding steroid dienone is 1. The molecule has 5 aromatic carbocycles. The van der Waals surface area contributed by atoms with Crippen molar-refractivity contribution in [1.29, 1.82) is 5.41 Å². The summed E-state index contributed by atoms with van der Waals surface area (Å²) in [6.45, 7) is 4.00. The van der Waals surface area contributed by atoms with Crippen LogP contribution in [-0.4, -0.2) is 6.21 Å². The lowest BCUT2D eigenvalue weighted by Gasteiger charge is -2.13. The van der Waals surface area contributed by atoms with E-state index in [1.54, 1.807) is 0 Å². The van der Waals surface area contributed by atoms with Gasteiger partial charge in [0.25, 0.3) is 0 Å². The minimum absolute atomic E-state index is 0.287. The molecule has 35 heavy (non-hydrogen) atoms. The number of hydrogen-bond donors (Lipinski definition) is 1. The van der Waals surface area contributed by atoms with Gasteiger partial charge in [-0.05, 0) is 86.0 Å². The van der Waals surface area contributed by atoms with Gasteiger partial charge >= 0.3 is 0 Å². The van der Waals surface area contributed by atoms with Crippen LogP contribution >= 0.6 is 0 Å². The van der Waals surface area contributed by atoms with Crippen molar-refractivity contribution in [2.75, 3.05) is 0 Å². The molecule has 0 aromatic heterocycles. The monoisotopic (exact) mass is 449 g/mol. The maximum absolute atomic E-state index is 7.32. The Bertz CT molecular complexity index is 1540. The fourth-order valence-corrected chi connectivity index (χ4v) is 5.53. The molecular weight excluding hydrogens is 422 g/mol. The molecule has 168 valence electrons. The smallest absolute Gasteiger partial charge is 0.00187 e. The van der Waals surface area contributed by atoms with Crippen molar-refractivity contribution in [2.24, 2.45) is 0 Å². The van der Waals surface area contributed by atoms with E-state index < -0.39 is 0 Å². The molecule has 1 unspecified atom stereocenters. The molecule has 1 aliphatic carbocycles. The Morgan fingerprint density at radius 3 is 2.03 bits per heavy atom. The van der Waals surface area contributed by atoms with Crippen molar-refractivity contribution in [3.05, 3.63) is 121 Å². The highest BCUT2D eigenvalue weighted by molar-refractivity contribution is 6.18. The molecule has 6 rings (SSSR count). The predicted molar refractivity (Wildman–Crippen MR) is 150 cm³/mol. The molecule has 0 saturated carbocycles. The Morgan fingerprint density at radius 2 is 1.29 bits per heavy atom. The van der Waals surface area contributed by atoms with Gasteiger partial charge in [0.15, 0.2) is 0 Å². The number of fused-ring (bicyclic) bond motifs is 3. The second kappa shape index (κ2) is 8.85. The van der Waals surface area contributed by atoms with Crippen molar-refractivity contribution in [2.45, 2.75) is 18.8 Å². The molecule has 0 radical (unpaired) electrons. The first-order valence-corrected chi connectivity index (χ1v) is 12.3. The highest BCUT2D eigenvalue weighted by Crippen LogP contribution is 2.49. The molecule has 1 nitrogen and oxygen atoms in total. The van der Waals surface area contributed by atoms with Crippen LogP contribution in [0, 0.1) is 5.41 Å². The molecule has 0 bridgehead atoms. The van der Waals surface area contributed by atoms with E-state index in [4.69, 9.17) is 5.41 Å². The number of nitrogens with one attached hydrogen (secondary N) is 1. The largest absolute Gasteiger partial charge is 0.313 e. The molecule has 0 saturated heterocycles. The van der Waals surface area contributed by atoms with Crippen LogP contribution in [0.5, 0.6) is 0 Å². The van der Waals surface area contributed by atoms with Gasteiger partial charge in [0.05, 0.1) is 0 Å². The Balaban J connectivity index is 1.39. The summed E-state index contributed by atoms with van der Waals surface area (Å²) >= 11 is 0. The number of benzene rings is 5. The van der Waals surface area contributed by atoms with Gasteiger partial charge in [-0.1, -0.05) is 103 Å². The van der Waals surface area contributed by atoms with Gasteiger partial charge in [0.2, 0.25) is 0 Å².